The van der Waals surface area contributed by atoms with Crippen LogP contribution in [0.5, 0.6) is 0 Å². The Bertz CT molecular complexity index is 376. The van der Waals surface area contributed by atoms with Gasteiger partial charge in [-0.1, -0.05) is 29.3 Å². The van der Waals surface area contributed by atoms with Gasteiger partial charge in [-0.15, -0.1) is 12.4 Å². The van der Waals surface area contributed by atoms with Crippen LogP contribution in [0.3, 0.4) is 0 Å². The number of halogens is 1. The third kappa shape index (κ3) is 4.73. The number of aliphatic hydroxyl groups excluding tert-OH is 1. The van der Waals surface area contributed by atoms with Crippen LogP contribution in [0.1, 0.15) is 16.7 Å². The van der Waals surface area contributed by atoms with Crippen LogP contribution in [-0.4, -0.2) is 23.2 Å². The molecule has 1 aromatic carbocycles. The van der Waals surface area contributed by atoms with Gasteiger partial charge in [0, 0.05) is 6.04 Å². The first-order valence-electron chi connectivity index (χ1n) is 5.20. The highest BCUT2D eigenvalue weighted by Gasteiger charge is 2.20. The van der Waals surface area contributed by atoms with Crippen molar-refractivity contribution in [3.8, 4) is 0 Å². The third-order valence-corrected chi connectivity index (χ3v) is 2.45. The molecular formula is C12H19ClN2O2. The lowest BCUT2D eigenvalue weighted by Crippen LogP contribution is -2.45. The minimum atomic E-state index is -1.29. The molecule has 0 saturated heterocycles. The number of primary amides is 1. The first kappa shape index (κ1) is 15.9. The molecule has 5 heteroatoms. The first-order valence-corrected chi connectivity index (χ1v) is 5.20. The Morgan fingerprint density at radius 2 is 1.76 bits per heavy atom. The zero-order chi connectivity index (χ0) is 12.3. The van der Waals surface area contributed by atoms with Gasteiger partial charge in [0.15, 0.2) is 0 Å². The van der Waals surface area contributed by atoms with Crippen molar-refractivity contribution in [3.63, 3.8) is 0 Å². The Morgan fingerprint density at radius 3 is 2.18 bits per heavy atom. The Kier molecular flexibility index (Phi) is 6.16. The molecule has 1 amide bonds. The molecule has 0 radical (unpaired) electrons. The molecule has 0 fully saturated rings. The molecule has 4 nitrogen and oxygen atoms in total. The average molecular weight is 259 g/mol. The predicted molar refractivity (Wildman–Crippen MR) is 70.0 cm³/mol. The monoisotopic (exact) mass is 258 g/mol. The molecule has 0 bridgehead atoms. The van der Waals surface area contributed by atoms with Crippen molar-refractivity contribution < 1.29 is 9.90 Å². The molecule has 0 aliphatic heterocycles. The van der Waals surface area contributed by atoms with Crippen LogP contribution in [0.25, 0.3) is 0 Å². The van der Waals surface area contributed by atoms with Gasteiger partial charge in [-0.25, -0.2) is 0 Å². The number of nitrogens with two attached hydrogens (primary N) is 2. The average Bonchev–Trinajstić information content (AvgIpc) is 2.14. The van der Waals surface area contributed by atoms with E-state index in [1.807, 2.05) is 26.0 Å². The summed E-state index contributed by atoms with van der Waals surface area (Å²) in [5, 5.41) is 9.40. The second kappa shape index (κ2) is 6.59. The van der Waals surface area contributed by atoms with Crippen LogP contribution in [0, 0.1) is 13.8 Å². The largest absolute Gasteiger partial charge is 0.382 e. The topological polar surface area (TPSA) is 89.3 Å². The molecule has 0 aromatic heterocycles. The molecule has 0 spiro atoms. The summed E-state index contributed by atoms with van der Waals surface area (Å²) in [7, 11) is 0. The Morgan fingerprint density at radius 1 is 1.29 bits per heavy atom. The number of hydrogen-bond donors (Lipinski definition) is 3. The highest BCUT2D eigenvalue weighted by Crippen LogP contribution is 2.11. The lowest BCUT2D eigenvalue weighted by molar-refractivity contribution is -0.126. The molecule has 0 aliphatic rings. The second-order valence-electron chi connectivity index (χ2n) is 4.21. The van der Waals surface area contributed by atoms with Gasteiger partial charge in [0.25, 0.3) is 0 Å². The molecule has 0 aliphatic carbocycles. The number of hydrogen-bond acceptors (Lipinski definition) is 3. The van der Waals surface area contributed by atoms with Gasteiger partial charge in [-0.05, 0) is 25.8 Å². The smallest absolute Gasteiger partial charge is 0.247 e. The molecule has 96 valence electrons. The molecule has 1 aromatic rings. The molecule has 5 N–H and O–H groups in total. The fourth-order valence-corrected chi connectivity index (χ4v) is 1.78. The third-order valence-electron chi connectivity index (χ3n) is 2.45. The fraction of sp³-hybridized carbons (Fsp3) is 0.417. The van der Waals surface area contributed by atoms with Gasteiger partial charge >= 0.3 is 0 Å². The zero-order valence-corrected chi connectivity index (χ0v) is 10.8. The van der Waals surface area contributed by atoms with E-state index in [2.05, 4.69) is 6.07 Å². The molecule has 0 saturated carbocycles. The van der Waals surface area contributed by atoms with Crippen LogP contribution >= 0.6 is 12.4 Å². The lowest BCUT2D eigenvalue weighted by atomic mass is 9.98. The van der Waals surface area contributed by atoms with Gasteiger partial charge < -0.3 is 16.6 Å². The fourth-order valence-electron chi connectivity index (χ4n) is 1.78. The van der Waals surface area contributed by atoms with Crippen LogP contribution in [0.15, 0.2) is 18.2 Å². The molecular weight excluding hydrogens is 240 g/mol. The first-order chi connectivity index (χ1) is 7.40. The summed E-state index contributed by atoms with van der Waals surface area (Å²) in [6.45, 7) is 3.99. The molecule has 2 unspecified atom stereocenters. The summed E-state index contributed by atoms with van der Waals surface area (Å²) in [6, 6.07) is 5.37. The van der Waals surface area contributed by atoms with E-state index in [1.165, 1.54) is 0 Å². The summed E-state index contributed by atoms with van der Waals surface area (Å²) in [6.07, 6.45) is -0.854. The van der Waals surface area contributed by atoms with E-state index in [0.717, 1.165) is 16.7 Å². The van der Waals surface area contributed by atoms with Crippen molar-refractivity contribution >= 4 is 18.3 Å². The summed E-state index contributed by atoms with van der Waals surface area (Å²) >= 11 is 0. The molecule has 2 atom stereocenters. The second-order valence-corrected chi connectivity index (χ2v) is 4.21. The molecule has 0 heterocycles. The maximum absolute atomic E-state index is 10.8. The Labute approximate surface area is 107 Å². The minimum Gasteiger partial charge on any atom is -0.382 e. The SMILES string of the molecule is Cc1cc(C)cc(CC(N)C(O)C(N)=O)c1.Cl. The molecule has 17 heavy (non-hydrogen) atoms. The molecule has 1 rings (SSSR count). The lowest BCUT2D eigenvalue weighted by Gasteiger charge is -2.16. The number of aryl methyl sites for hydroxylation is 2. The summed E-state index contributed by atoms with van der Waals surface area (Å²) in [5.74, 6) is -0.781. The van der Waals surface area contributed by atoms with Crippen LogP contribution in [-0.2, 0) is 11.2 Å². The number of aliphatic hydroxyl groups is 1. The zero-order valence-electron chi connectivity index (χ0n) is 10.0. The quantitative estimate of drug-likeness (QED) is 0.732. The normalized spacial score (nSPS) is 13.6. The Balaban J connectivity index is 0.00000256. The number of amides is 1. The van der Waals surface area contributed by atoms with Crippen molar-refractivity contribution in [2.75, 3.05) is 0 Å². The van der Waals surface area contributed by atoms with Crippen molar-refractivity contribution in [2.45, 2.75) is 32.4 Å². The summed E-state index contributed by atoms with van der Waals surface area (Å²) in [5.41, 5.74) is 14.0. The van der Waals surface area contributed by atoms with E-state index in [-0.39, 0.29) is 12.4 Å². The van der Waals surface area contributed by atoms with E-state index in [0.29, 0.717) is 6.42 Å². The van der Waals surface area contributed by atoms with Gasteiger partial charge in [0.2, 0.25) is 5.91 Å². The number of carbonyl (C=O) groups is 1. The van der Waals surface area contributed by atoms with Crippen molar-refractivity contribution in [3.05, 3.63) is 34.9 Å². The van der Waals surface area contributed by atoms with Crippen LogP contribution in [0.4, 0.5) is 0 Å². The van der Waals surface area contributed by atoms with Crippen molar-refractivity contribution in [2.24, 2.45) is 11.5 Å². The van der Waals surface area contributed by atoms with Crippen molar-refractivity contribution in [1.29, 1.82) is 0 Å². The van der Waals surface area contributed by atoms with E-state index in [4.69, 9.17) is 11.5 Å². The van der Waals surface area contributed by atoms with Gasteiger partial charge in [-0.2, -0.15) is 0 Å². The predicted octanol–water partition coefficient (Wildman–Crippen LogP) is 0.441. The number of benzene rings is 1. The van der Waals surface area contributed by atoms with E-state index in [9.17, 15) is 9.90 Å². The summed E-state index contributed by atoms with van der Waals surface area (Å²) in [4.78, 5) is 10.8. The van der Waals surface area contributed by atoms with E-state index in [1.54, 1.807) is 0 Å². The maximum atomic E-state index is 10.8. The van der Waals surface area contributed by atoms with Gasteiger partial charge in [-0.3, -0.25) is 4.79 Å². The minimum absolute atomic E-state index is 0. The summed E-state index contributed by atoms with van der Waals surface area (Å²) < 4.78 is 0. The van der Waals surface area contributed by atoms with Gasteiger partial charge in [0.1, 0.15) is 6.10 Å². The van der Waals surface area contributed by atoms with Crippen LogP contribution < -0.4 is 11.5 Å². The van der Waals surface area contributed by atoms with E-state index >= 15 is 0 Å². The highest BCUT2D eigenvalue weighted by atomic mass is 35.5. The van der Waals surface area contributed by atoms with E-state index < -0.39 is 18.1 Å². The maximum Gasteiger partial charge on any atom is 0.247 e. The Hall–Kier alpha value is -1.10. The van der Waals surface area contributed by atoms with Crippen LogP contribution in [0.2, 0.25) is 0 Å². The van der Waals surface area contributed by atoms with Crippen molar-refractivity contribution in [1.82, 2.24) is 0 Å². The number of carbonyl (C=O) groups excluding carboxylic acids is 1. The number of rotatable bonds is 4. The highest BCUT2D eigenvalue weighted by molar-refractivity contribution is 5.85. The standard InChI is InChI=1S/C12H18N2O2.ClH/c1-7-3-8(2)5-9(4-7)6-10(13)11(15)12(14)16;/h3-5,10-11,15H,6,13H2,1-2H3,(H2,14,16);1H. The van der Waals surface area contributed by atoms with Gasteiger partial charge in [0.05, 0.1) is 0 Å².